The number of rotatable bonds is 7. The number of fused-ring (bicyclic) bond motifs is 2. The molecule has 2 unspecified atom stereocenters. The van der Waals surface area contributed by atoms with Gasteiger partial charge in [0.2, 0.25) is 0 Å². The largest absolute Gasteiger partial charge is 0.497 e. The number of nitrogens with zero attached hydrogens (tertiary/aromatic N) is 1. The van der Waals surface area contributed by atoms with Gasteiger partial charge >= 0.3 is 0 Å². The van der Waals surface area contributed by atoms with Gasteiger partial charge in [-0.2, -0.15) is 0 Å². The lowest BCUT2D eigenvalue weighted by Gasteiger charge is -2.26. The predicted molar refractivity (Wildman–Crippen MR) is 134 cm³/mol. The average Bonchev–Trinajstić information content (AvgIpc) is 3.43. The molecule has 0 saturated carbocycles. The van der Waals surface area contributed by atoms with Gasteiger partial charge in [-0.3, -0.25) is 0 Å². The van der Waals surface area contributed by atoms with E-state index in [0.29, 0.717) is 6.61 Å². The van der Waals surface area contributed by atoms with Crippen LogP contribution in [0.2, 0.25) is 0 Å². The number of hydrogen-bond donors (Lipinski definition) is 0. The van der Waals surface area contributed by atoms with Gasteiger partial charge in [-0.15, -0.1) is 11.3 Å². The van der Waals surface area contributed by atoms with Crippen molar-refractivity contribution in [2.24, 2.45) is 0 Å². The number of hydrogen-bond acceptors (Lipinski definition) is 4. The summed E-state index contributed by atoms with van der Waals surface area (Å²) in [5.74, 6) is 0.849. The second-order valence-electron chi connectivity index (χ2n) is 8.91. The molecule has 5 rings (SSSR count). The number of ether oxygens (including phenoxy) is 2. The smallest absolute Gasteiger partial charge is 0.123 e. The molecule has 1 aliphatic heterocycles. The zero-order chi connectivity index (χ0) is 22.9. The summed E-state index contributed by atoms with van der Waals surface area (Å²) < 4.78 is 26.5. The average molecular weight is 462 g/mol. The standard InChI is InChI=1S/C28H28FNO2S/c1-30(2)13-12-25(18-4-7-22(29)8-5-18)28-24-10-6-19(14-21(24)17-32-28)27-16-20-15-23(31-3)9-11-26(20)33-27/h4-11,14-16,25,28H,12-13,17H2,1-3H3. The van der Waals surface area contributed by atoms with Crippen molar-refractivity contribution in [2.75, 3.05) is 27.7 Å². The van der Waals surface area contributed by atoms with Crippen molar-refractivity contribution in [3.05, 3.63) is 89.2 Å². The van der Waals surface area contributed by atoms with Crippen LogP contribution in [0.25, 0.3) is 20.5 Å². The molecule has 0 fully saturated rings. The van der Waals surface area contributed by atoms with Crippen LogP contribution in [0.15, 0.2) is 66.7 Å². The fourth-order valence-electron chi connectivity index (χ4n) is 4.65. The molecule has 1 aliphatic rings. The molecular formula is C28H28FNO2S. The summed E-state index contributed by atoms with van der Waals surface area (Å²) in [7, 11) is 5.86. The van der Waals surface area contributed by atoms with E-state index in [4.69, 9.17) is 9.47 Å². The SMILES string of the molecule is COc1ccc2sc(-c3ccc4c(c3)COC4C(CCN(C)C)c3ccc(F)cc3)cc2c1. The molecule has 2 heterocycles. The van der Waals surface area contributed by atoms with Crippen molar-refractivity contribution >= 4 is 21.4 Å². The molecule has 0 saturated heterocycles. The van der Waals surface area contributed by atoms with Gasteiger partial charge < -0.3 is 14.4 Å². The molecule has 33 heavy (non-hydrogen) atoms. The summed E-state index contributed by atoms with van der Waals surface area (Å²) in [6.45, 7) is 1.55. The van der Waals surface area contributed by atoms with Crippen molar-refractivity contribution in [1.82, 2.24) is 4.90 Å². The summed E-state index contributed by atoms with van der Waals surface area (Å²) in [5.41, 5.74) is 4.82. The summed E-state index contributed by atoms with van der Waals surface area (Å²) in [4.78, 5) is 3.43. The normalized spacial score (nSPS) is 16.3. The van der Waals surface area contributed by atoms with Crippen LogP contribution < -0.4 is 4.74 Å². The number of thiophene rings is 1. The number of methoxy groups -OCH3 is 1. The first-order chi connectivity index (χ1) is 16.0. The molecule has 0 N–H and O–H groups in total. The van der Waals surface area contributed by atoms with Crippen molar-refractivity contribution in [3.8, 4) is 16.2 Å². The van der Waals surface area contributed by atoms with E-state index in [1.165, 1.54) is 31.7 Å². The Bertz CT molecular complexity index is 1260. The molecular weight excluding hydrogens is 433 g/mol. The van der Waals surface area contributed by atoms with Crippen LogP contribution in [0.3, 0.4) is 0 Å². The van der Waals surface area contributed by atoms with Crippen molar-refractivity contribution < 1.29 is 13.9 Å². The minimum Gasteiger partial charge on any atom is -0.497 e. The van der Waals surface area contributed by atoms with Gasteiger partial charge in [-0.1, -0.05) is 24.3 Å². The second-order valence-corrected chi connectivity index (χ2v) is 9.99. The van der Waals surface area contributed by atoms with Gasteiger partial charge in [0.1, 0.15) is 11.6 Å². The second kappa shape index (κ2) is 9.26. The van der Waals surface area contributed by atoms with Crippen LogP contribution in [0, 0.1) is 5.82 Å². The maximum atomic E-state index is 13.6. The monoisotopic (exact) mass is 461 g/mol. The Labute approximate surface area is 198 Å². The van der Waals surface area contributed by atoms with E-state index in [1.807, 2.05) is 18.2 Å². The van der Waals surface area contributed by atoms with E-state index in [-0.39, 0.29) is 17.8 Å². The topological polar surface area (TPSA) is 21.7 Å². The highest BCUT2D eigenvalue weighted by atomic mass is 32.1. The van der Waals surface area contributed by atoms with Crippen LogP contribution >= 0.6 is 11.3 Å². The van der Waals surface area contributed by atoms with Crippen LogP contribution in [-0.4, -0.2) is 32.6 Å². The van der Waals surface area contributed by atoms with Crippen LogP contribution in [0.5, 0.6) is 5.75 Å². The Hall–Kier alpha value is -2.73. The highest BCUT2D eigenvalue weighted by molar-refractivity contribution is 7.22. The molecule has 5 heteroatoms. The molecule has 3 nitrogen and oxygen atoms in total. The molecule has 170 valence electrons. The Kier molecular flexibility index (Phi) is 6.19. The first kappa shape index (κ1) is 22.1. The van der Waals surface area contributed by atoms with E-state index in [1.54, 1.807) is 30.6 Å². The minimum atomic E-state index is -0.205. The zero-order valence-corrected chi connectivity index (χ0v) is 20.0. The minimum absolute atomic E-state index is 0.0221. The predicted octanol–water partition coefficient (Wildman–Crippen LogP) is 7.02. The zero-order valence-electron chi connectivity index (χ0n) is 19.2. The van der Waals surface area contributed by atoms with Crippen molar-refractivity contribution in [3.63, 3.8) is 0 Å². The molecule has 0 radical (unpaired) electrons. The lowest BCUT2D eigenvalue weighted by atomic mass is 9.85. The van der Waals surface area contributed by atoms with E-state index in [9.17, 15) is 4.39 Å². The highest BCUT2D eigenvalue weighted by Gasteiger charge is 2.32. The molecule has 3 aromatic carbocycles. The third-order valence-corrected chi connectivity index (χ3v) is 7.59. The maximum Gasteiger partial charge on any atom is 0.123 e. The number of benzene rings is 3. The van der Waals surface area contributed by atoms with E-state index in [2.05, 4.69) is 55.4 Å². The lowest BCUT2D eigenvalue weighted by Crippen LogP contribution is -2.19. The van der Waals surface area contributed by atoms with Crippen LogP contribution in [-0.2, 0) is 11.3 Å². The van der Waals surface area contributed by atoms with Crippen LogP contribution in [0.4, 0.5) is 4.39 Å². The Balaban J connectivity index is 1.46. The Morgan fingerprint density at radius 3 is 2.64 bits per heavy atom. The van der Waals surface area contributed by atoms with Gasteiger partial charge in [0, 0.05) is 15.5 Å². The Morgan fingerprint density at radius 2 is 1.88 bits per heavy atom. The van der Waals surface area contributed by atoms with E-state index in [0.717, 1.165) is 24.3 Å². The van der Waals surface area contributed by atoms with Gasteiger partial charge in [-0.25, -0.2) is 4.39 Å². The molecule has 0 spiro atoms. The van der Waals surface area contributed by atoms with Crippen molar-refractivity contribution in [1.29, 1.82) is 0 Å². The summed E-state index contributed by atoms with van der Waals surface area (Å²) in [6.07, 6.45) is 0.925. The fraction of sp³-hybridized carbons (Fsp3) is 0.286. The third kappa shape index (κ3) is 4.54. The molecule has 4 aromatic rings. The van der Waals surface area contributed by atoms with Gasteiger partial charge in [-0.05, 0) is 97.2 Å². The van der Waals surface area contributed by atoms with Crippen molar-refractivity contribution in [2.45, 2.75) is 25.0 Å². The maximum absolute atomic E-state index is 13.6. The third-order valence-electron chi connectivity index (χ3n) is 6.43. The first-order valence-electron chi connectivity index (χ1n) is 11.2. The highest BCUT2D eigenvalue weighted by Crippen LogP contribution is 2.45. The molecule has 0 amide bonds. The van der Waals surface area contributed by atoms with E-state index < -0.39 is 0 Å². The van der Waals surface area contributed by atoms with E-state index >= 15 is 0 Å². The van der Waals surface area contributed by atoms with Crippen LogP contribution in [0.1, 0.15) is 35.1 Å². The summed E-state index contributed by atoms with van der Waals surface area (Å²) in [5, 5.41) is 1.20. The van der Waals surface area contributed by atoms with Gasteiger partial charge in [0.25, 0.3) is 0 Å². The van der Waals surface area contributed by atoms with Gasteiger partial charge in [0.15, 0.2) is 0 Å². The van der Waals surface area contributed by atoms with Gasteiger partial charge in [0.05, 0.1) is 19.8 Å². The molecule has 2 atom stereocenters. The quantitative estimate of drug-likeness (QED) is 0.295. The number of halogens is 1. The molecule has 0 bridgehead atoms. The summed E-state index contributed by atoms with van der Waals surface area (Å²) >= 11 is 1.79. The summed E-state index contributed by atoms with van der Waals surface area (Å²) in [6, 6.07) is 22.0. The lowest BCUT2D eigenvalue weighted by molar-refractivity contribution is 0.0420. The first-order valence-corrected chi connectivity index (χ1v) is 12.1. The molecule has 1 aromatic heterocycles. The Morgan fingerprint density at radius 1 is 1.06 bits per heavy atom. The fourth-order valence-corrected chi connectivity index (χ4v) is 5.69. The molecule has 0 aliphatic carbocycles.